The average Bonchev–Trinajstić information content (AvgIpc) is 3.08. The number of aromatic carboxylic acids is 1. The molecular weight excluding hydrogens is 420 g/mol. The molecule has 2 aromatic carbocycles. The van der Waals surface area contributed by atoms with Crippen molar-refractivity contribution in [1.29, 1.82) is 0 Å². The Kier molecular flexibility index (Phi) is 7.53. The summed E-state index contributed by atoms with van der Waals surface area (Å²) >= 11 is 3.05. The zero-order valence-electron chi connectivity index (χ0n) is 16.7. The lowest BCUT2D eigenvalue weighted by atomic mass is 10.2. The molecule has 1 heterocycles. The van der Waals surface area contributed by atoms with Gasteiger partial charge in [0.05, 0.1) is 17.1 Å². The van der Waals surface area contributed by atoms with Gasteiger partial charge in [-0.25, -0.2) is 4.79 Å². The predicted octanol–water partition coefficient (Wildman–Crippen LogP) is 3.99. The summed E-state index contributed by atoms with van der Waals surface area (Å²) in [6, 6.07) is 14.6. The third kappa shape index (κ3) is 6.11. The molecule has 0 radical (unpaired) electrons. The lowest BCUT2D eigenvalue weighted by Gasteiger charge is -2.06. The molecule has 3 rings (SSSR count). The maximum Gasteiger partial charge on any atom is 0.335 e. The highest BCUT2D eigenvalue weighted by molar-refractivity contribution is 7.99. The van der Waals surface area contributed by atoms with Crippen molar-refractivity contribution in [2.24, 2.45) is 7.05 Å². The van der Waals surface area contributed by atoms with Gasteiger partial charge in [0.15, 0.2) is 5.16 Å². The Labute approximate surface area is 183 Å². The average molecular weight is 443 g/mol. The van der Waals surface area contributed by atoms with Gasteiger partial charge in [-0.3, -0.25) is 4.79 Å². The highest BCUT2D eigenvalue weighted by Crippen LogP contribution is 2.21. The molecule has 0 bridgehead atoms. The summed E-state index contributed by atoms with van der Waals surface area (Å²) < 4.78 is 1.89. The lowest BCUT2D eigenvalue weighted by Crippen LogP contribution is -2.15. The summed E-state index contributed by atoms with van der Waals surface area (Å²) in [7, 11) is 1.89. The van der Waals surface area contributed by atoms with E-state index < -0.39 is 5.97 Å². The second-order valence-electron chi connectivity index (χ2n) is 6.66. The first-order valence-electron chi connectivity index (χ1n) is 9.20. The smallest absolute Gasteiger partial charge is 0.335 e. The largest absolute Gasteiger partial charge is 0.478 e. The van der Waals surface area contributed by atoms with Gasteiger partial charge < -0.3 is 15.0 Å². The number of anilines is 1. The number of carbonyl (C=O) groups is 2. The van der Waals surface area contributed by atoms with Gasteiger partial charge in [0, 0.05) is 18.5 Å². The Morgan fingerprint density at radius 3 is 2.60 bits per heavy atom. The van der Waals surface area contributed by atoms with E-state index in [1.807, 2.05) is 11.6 Å². The van der Waals surface area contributed by atoms with E-state index in [4.69, 9.17) is 5.11 Å². The van der Waals surface area contributed by atoms with Crippen LogP contribution in [-0.2, 0) is 23.3 Å². The molecule has 7 nitrogen and oxygen atoms in total. The van der Waals surface area contributed by atoms with Crippen LogP contribution < -0.4 is 5.32 Å². The number of carbonyl (C=O) groups excluding carboxylic acids is 1. The normalized spacial score (nSPS) is 10.7. The molecule has 156 valence electrons. The first-order chi connectivity index (χ1) is 14.4. The summed E-state index contributed by atoms with van der Waals surface area (Å²) in [5.41, 5.74) is 3.09. The number of thioether (sulfide) groups is 2. The van der Waals surface area contributed by atoms with Gasteiger partial charge in [-0.15, -0.1) is 22.0 Å². The van der Waals surface area contributed by atoms with Crippen LogP contribution >= 0.6 is 23.5 Å². The lowest BCUT2D eigenvalue weighted by molar-refractivity contribution is -0.113. The molecule has 0 aliphatic rings. The van der Waals surface area contributed by atoms with Crippen LogP contribution in [0, 0.1) is 6.92 Å². The summed E-state index contributed by atoms with van der Waals surface area (Å²) in [5, 5.41) is 20.8. The van der Waals surface area contributed by atoms with Crippen molar-refractivity contribution < 1.29 is 14.7 Å². The maximum absolute atomic E-state index is 12.2. The van der Waals surface area contributed by atoms with E-state index in [1.165, 1.54) is 35.0 Å². The molecule has 2 N–H and O–H groups in total. The molecule has 9 heteroatoms. The number of nitrogens with zero attached hydrogens (tertiary/aromatic N) is 3. The molecule has 0 aliphatic carbocycles. The van der Waals surface area contributed by atoms with Gasteiger partial charge in [0.2, 0.25) is 5.91 Å². The minimum Gasteiger partial charge on any atom is -0.478 e. The number of benzene rings is 2. The highest BCUT2D eigenvalue weighted by atomic mass is 32.2. The predicted molar refractivity (Wildman–Crippen MR) is 120 cm³/mol. The van der Waals surface area contributed by atoms with Gasteiger partial charge in [0.25, 0.3) is 0 Å². The SMILES string of the molecule is Cc1ccc(CSCc2nnc(SCC(=O)Nc3cccc(C(=O)O)c3)n2C)cc1. The van der Waals surface area contributed by atoms with Crippen LogP contribution in [0.1, 0.15) is 27.3 Å². The second kappa shape index (κ2) is 10.3. The Hall–Kier alpha value is -2.78. The quantitative estimate of drug-likeness (QED) is 0.484. The number of carboxylic acid groups (broad SMARTS) is 1. The monoisotopic (exact) mass is 442 g/mol. The van der Waals surface area contributed by atoms with E-state index in [0.29, 0.717) is 10.8 Å². The Balaban J connectivity index is 1.48. The standard InChI is InChI=1S/C21H22N4O3S2/c1-14-6-8-15(9-7-14)11-29-12-18-23-24-21(25(18)2)30-13-19(26)22-17-5-3-4-16(10-17)20(27)28/h3-10H,11-13H2,1-2H3,(H,22,26)(H,27,28). The molecule has 30 heavy (non-hydrogen) atoms. The summed E-state index contributed by atoms with van der Waals surface area (Å²) in [5.74, 6) is 1.36. The van der Waals surface area contributed by atoms with Crippen molar-refractivity contribution in [3.05, 3.63) is 71.0 Å². The van der Waals surface area contributed by atoms with Gasteiger partial charge in [-0.2, -0.15) is 0 Å². The van der Waals surface area contributed by atoms with Crippen LogP contribution in [0.15, 0.2) is 53.7 Å². The zero-order chi connectivity index (χ0) is 21.5. The number of aryl methyl sites for hydroxylation is 1. The summed E-state index contributed by atoms with van der Waals surface area (Å²) in [4.78, 5) is 23.2. The van der Waals surface area contributed by atoms with Crippen molar-refractivity contribution in [1.82, 2.24) is 14.8 Å². The number of nitrogens with one attached hydrogen (secondary N) is 1. The van der Waals surface area contributed by atoms with Crippen molar-refractivity contribution in [3.63, 3.8) is 0 Å². The van der Waals surface area contributed by atoms with E-state index in [0.717, 1.165) is 17.3 Å². The fourth-order valence-corrected chi connectivity index (χ4v) is 4.29. The molecule has 0 saturated carbocycles. The van der Waals surface area contributed by atoms with Crippen LogP contribution in [0.5, 0.6) is 0 Å². The number of hydrogen-bond acceptors (Lipinski definition) is 6. The number of hydrogen-bond donors (Lipinski definition) is 2. The third-order valence-electron chi connectivity index (χ3n) is 4.27. The van der Waals surface area contributed by atoms with E-state index in [2.05, 4.69) is 46.7 Å². The van der Waals surface area contributed by atoms with Gasteiger partial charge in [-0.05, 0) is 30.7 Å². The molecule has 0 unspecified atom stereocenters. The minimum absolute atomic E-state index is 0.126. The Morgan fingerprint density at radius 2 is 1.87 bits per heavy atom. The van der Waals surface area contributed by atoms with Crippen LogP contribution in [0.4, 0.5) is 5.69 Å². The zero-order valence-corrected chi connectivity index (χ0v) is 18.3. The molecule has 3 aromatic rings. The molecule has 0 spiro atoms. The summed E-state index contributed by atoms with van der Waals surface area (Å²) in [6.45, 7) is 2.07. The van der Waals surface area contributed by atoms with Crippen LogP contribution in [0.2, 0.25) is 0 Å². The topological polar surface area (TPSA) is 97.1 Å². The Morgan fingerprint density at radius 1 is 1.10 bits per heavy atom. The van der Waals surface area contributed by atoms with E-state index in [1.54, 1.807) is 23.9 Å². The molecule has 0 fully saturated rings. The van der Waals surface area contributed by atoms with Crippen molar-refractivity contribution >= 4 is 41.1 Å². The molecule has 1 amide bonds. The van der Waals surface area contributed by atoms with Crippen LogP contribution in [0.25, 0.3) is 0 Å². The first kappa shape index (κ1) is 21.9. The van der Waals surface area contributed by atoms with Crippen LogP contribution in [0.3, 0.4) is 0 Å². The first-order valence-corrected chi connectivity index (χ1v) is 11.3. The van der Waals surface area contributed by atoms with Crippen molar-refractivity contribution in [2.75, 3.05) is 11.1 Å². The van der Waals surface area contributed by atoms with Crippen molar-refractivity contribution in [3.8, 4) is 0 Å². The fraction of sp³-hybridized carbons (Fsp3) is 0.238. The van der Waals surface area contributed by atoms with Gasteiger partial charge in [0.1, 0.15) is 5.82 Å². The summed E-state index contributed by atoms with van der Waals surface area (Å²) in [6.07, 6.45) is 0. The number of carboxylic acids is 1. The third-order valence-corrected chi connectivity index (χ3v) is 6.29. The number of rotatable bonds is 9. The van der Waals surface area contributed by atoms with Gasteiger partial charge in [-0.1, -0.05) is 47.7 Å². The number of amides is 1. The van der Waals surface area contributed by atoms with E-state index >= 15 is 0 Å². The fourth-order valence-electron chi connectivity index (χ4n) is 2.60. The molecule has 0 saturated heterocycles. The second-order valence-corrected chi connectivity index (χ2v) is 8.59. The molecule has 0 atom stereocenters. The van der Waals surface area contributed by atoms with Crippen LogP contribution in [-0.4, -0.2) is 37.5 Å². The van der Waals surface area contributed by atoms with Gasteiger partial charge >= 0.3 is 5.97 Å². The maximum atomic E-state index is 12.2. The van der Waals surface area contributed by atoms with Crippen molar-refractivity contribution in [2.45, 2.75) is 23.6 Å². The Bertz CT molecular complexity index is 1030. The number of aromatic nitrogens is 3. The highest BCUT2D eigenvalue weighted by Gasteiger charge is 2.12. The molecular formula is C21H22N4O3S2. The molecule has 0 aliphatic heterocycles. The minimum atomic E-state index is -1.03. The molecule has 1 aromatic heterocycles. The van der Waals surface area contributed by atoms with E-state index in [9.17, 15) is 9.59 Å². The van der Waals surface area contributed by atoms with E-state index in [-0.39, 0.29) is 17.2 Å².